The van der Waals surface area contributed by atoms with Crippen molar-refractivity contribution in [3.8, 4) is 0 Å². The predicted octanol–water partition coefficient (Wildman–Crippen LogP) is 5.36. The van der Waals surface area contributed by atoms with Crippen molar-refractivity contribution in [2.24, 2.45) is 0 Å². The van der Waals surface area contributed by atoms with Crippen molar-refractivity contribution in [3.63, 3.8) is 0 Å². The summed E-state index contributed by atoms with van der Waals surface area (Å²) >= 11 is 0. The Morgan fingerprint density at radius 1 is 1.39 bits per heavy atom. The van der Waals surface area contributed by atoms with Crippen LogP contribution in [0.3, 0.4) is 0 Å². The van der Waals surface area contributed by atoms with Crippen LogP contribution in [0.1, 0.15) is 37.7 Å². The molecule has 2 aliphatic heterocycles. The maximum atomic E-state index is 11.9. The van der Waals surface area contributed by atoms with Gasteiger partial charge in [0, 0.05) is 40.9 Å². The number of fused-ring (bicyclic) bond motifs is 2. The quantitative estimate of drug-likeness (QED) is 0.524. The van der Waals surface area contributed by atoms with Gasteiger partial charge in [-0.25, -0.2) is 4.79 Å². The zero-order valence-corrected chi connectivity index (χ0v) is 16.9. The maximum Gasteiger partial charge on any atom is 0.411 e. The topological polar surface area (TPSA) is 57.4 Å². The number of rotatable bonds is 5. The van der Waals surface area contributed by atoms with Crippen molar-refractivity contribution < 1.29 is 9.53 Å². The van der Waals surface area contributed by atoms with Crippen LogP contribution in [-0.2, 0) is 4.74 Å². The Labute approximate surface area is 172 Å². The number of anilines is 1. The average Bonchev–Trinajstić information content (AvgIpc) is 3.11. The molecule has 1 fully saturated rings. The highest BCUT2D eigenvalue weighted by Gasteiger charge is 2.27. The average molecular weight is 402 g/mol. The molecule has 1 saturated heterocycles. The van der Waals surface area contributed by atoms with E-state index in [-0.39, 0.29) is 12.4 Å². The lowest BCUT2D eigenvalue weighted by Gasteiger charge is -2.38. The van der Waals surface area contributed by atoms with Crippen molar-refractivity contribution in [3.05, 3.63) is 48.7 Å². The summed E-state index contributed by atoms with van der Waals surface area (Å²) in [5.74, 6) is 0. The summed E-state index contributed by atoms with van der Waals surface area (Å²) in [4.78, 5) is 17.9. The molecule has 2 N–H and O–H groups in total. The number of nitrogens with one attached hydrogen (secondary N) is 2. The molecule has 0 spiro atoms. The van der Waals surface area contributed by atoms with Gasteiger partial charge in [0.1, 0.15) is 0 Å². The van der Waals surface area contributed by atoms with Crippen molar-refractivity contribution in [1.29, 1.82) is 0 Å². The van der Waals surface area contributed by atoms with Gasteiger partial charge < -0.3 is 9.72 Å². The van der Waals surface area contributed by atoms with E-state index >= 15 is 0 Å². The Balaban J connectivity index is 0.00000225. The first-order valence-corrected chi connectivity index (χ1v) is 9.84. The number of benzene rings is 1. The number of hydrogen-bond donors (Lipinski definition) is 2. The fourth-order valence-electron chi connectivity index (χ4n) is 4.17. The van der Waals surface area contributed by atoms with Gasteiger partial charge in [0.25, 0.3) is 0 Å². The van der Waals surface area contributed by atoms with E-state index in [1.807, 2.05) is 18.2 Å². The molecule has 5 nitrogen and oxygen atoms in total. The van der Waals surface area contributed by atoms with Crippen LogP contribution in [0, 0.1) is 0 Å². The third kappa shape index (κ3) is 4.42. The van der Waals surface area contributed by atoms with Crippen LogP contribution in [0.25, 0.3) is 16.5 Å². The Hall–Kier alpha value is -2.24. The lowest BCUT2D eigenvalue weighted by atomic mass is 9.89. The molecule has 1 atom stereocenters. The Bertz CT molecular complexity index is 874. The first kappa shape index (κ1) is 20.5. The lowest BCUT2D eigenvalue weighted by Crippen LogP contribution is -2.41. The molecule has 28 heavy (non-hydrogen) atoms. The molecule has 0 radical (unpaired) electrons. The minimum absolute atomic E-state index is 0. The van der Waals surface area contributed by atoms with Gasteiger partial charge >= 0.3 is 6.09 Å². The lowest BCUT2D eigenvalue weighted by molar-refractivity contribution is 0.161. The molecule has 1 amide bonds. The first-order valence-electron chi connectivity index (χ1n) is 9.84. The molecular formula is C22H28ClN3O2. The highest BCUT2D eigenvalue weighted by molar-refractivity contribution is 5.96. The summed E-state index contributed by atoms with van der Waals surface area (Å²) in [7, 11) is 0. The standard InChI is InChI=1S/C22H27N3O2.ClH/c1-2-3-12-27-22(26)24-17-7-8-21-19(14-17)20(15-23-21)16-9-11-25-10-5-4-6-18(25)13-16;/h2,7-9,14-15,18,23H,1,3-6,10-13H2,(H,24,26);1H. The van der Waals surface area contributed by atoms with Crippen LogP contribution in [0.5, 0.6) is 0 Å². The Kier molecular flexibility index (Phi) is 6.81. The van der Waals surface area contributed by atoms with Crippen LogP contribution in [-0.4, -0.2) is 41.7 Å². The summed E-state index contributed by atoms with van der Waals surface area (Å²) in [6.07, 6.45) is 11.5. The monoisotopic (exact) mass is 401 g/mol. The number of carbonyl (C=O) groups excluding carboxylic acids is 1. The number of hydrogen-bond acceptors (Lipinski definition) is 3. The minimum atomic E-state index is -0.428. The van der Waals surface area contributed by atoms with E-state index < -0.39 is 6.09 Å². The van der Waals surface area contributed by atoms with Crippen molar-refractivity contribution in [2.75, 3.05) is 25.0 Å². The molecule has 2 aliphatic rings. The molecule has 0 bridgehead atoms. The van der Waals surface area contributed by atoms with Gasteiger partial charge in [-0.3, -0.25) is 10.2 Å². The first-order chi connectivity index (χ1) is 13.2. The van der Waals surface area contributed by atoms with Crippen molar-refractivity contribution >= 4 is 40.7 Å². The van der Waals surface area contributed by atoms with Gasteiger partial charge in [-0.15, -0.1) is 19.0 Å². The number of aromatic amines is 1. The largest absolute Gasteiger partial charge is 0.449 e. The van der Waals surface area contributed by atoms with Crippen molar-refractivity contribution in [1.82, 2.24) is 9.88 Å². The SMILES string of the molecule is C=CCCOC(=O)Nc1ccc2[nH]cc(C3=CCN4CCCCC4C3)c2c1.Cl. The van der Waals surface area contributed by atoms with Crippen LogP contribution < -0.4 is 5.32 Å². The summed E-state index contributed by atoms with van der Waals surface area (Å²) in [6, 6.07) is 6.61. The molecule has 0 saturated carbocycles. The number of carbonyl (C=O) groups is 1. The van der Waals surface area contributed by atoms with E-state index in [2.05, 4.69) is 34.1 Å². The number of amides is 1. The van der Waals surface area contributed by atoms with E-state index in [4.69, 9.17) is 4.74 Å². The van der Waals surface area contributed by atoms with E-state index in [9.17, 15) is 4.79 Å². The van der Waals surface area contributed by atoms with Gasteiger partial charge in [-0.1, -0.05) is 18.6 Å². The molecule has 1 unspecified atom stereocenters. The number of H-pyrrole nitrogens is 1. The van der Waals surface area contributed by atoms with Crippen LogP contribution >= 0.6 is 12.4 Å². The van der Waals surface area contributed by atoms with E-state index in [0.29, 0.717) is 19.1 Å². The molecule has 150 valence electrons. The van der Waals surface area contributed by atoms with Crippen LogP contribution in [0.4, 0.5) is 10.5 Å². The van der Waals surface area contributed by atoms with Gasteiger partial charge in [-0.2, -0.15) is 0 Å². The summed E-state index contributed by atoms with van der Waals surface area (Å²) < 4.78 is 5.14. The van der Waals surface area contributed by atoms with Gasteiger partial charge in [0.2, 0.25) is 0 Å². The molecule has 1 aromatic heterocycles. The molecule has 6 heteroatoms. The molecule has 3 heterocycles. The van der Waals surface area contributed by atoms with Crippen LogP contribution in [0.15, 0.2) is 43.1 Å². The van der Waals surface area contributed by atoms with E-state index in [1.165, 1.54) is 36.9 Å². The number of nitrogens with zero attached hydrogens (tertiary/aromatic N) is 1. The second kappa shape index (κ2) is 9.30. The number of piperidine rings is 1. The zero-order chi connectivity index (χ0) is 18.6. The third-order valence-corrected chi connectivity index (χ3v) is 5.61. The van der Waals surface area contributed by atoms with E-state index in [0.717, 1.165) is 29.6 Å². The molecule has 2 aromatic rings. The third-order valence-electron chi connectivity index (χ3n) is 5.61. The van der Waals surface area contributed by atoms with Crippen molar-refractivity contribution in [2.45, 2.75) is 38.1 Å². The number of halogens is 1. The summed E-state index contributed by atoms with van der Waals surface area (Å²) in [5, 5.41) is 3.97. The van der Waals surface area contributed by atoms with Gasteiger partial charge in [0.05, 0.1) is 6.61 Å². The predicted molar refractivity (Wildman–Crippen MR) is 117 cm³/mol. The molecule has 1 aromatic carbocycles. The van der Waals surface area contributed by atoms with Gasteiger partial charge in [0.15, 0.2) is 0 Å². The smallest absolute Gasteiger partial charge is 0.411 e. The van der Waals surface area contributed by atoms with Gasteiger partial charge in [-0.05, 0) is 56.0 Å². The fourth-order valence-corrected chi connectivity index (χ4v) is 4.17. The van der Waals surface area contributed by atoms with Crippen LogP contribution in [0.2, 0.25) is 0 Å². The zero-order valence-electron chi connectivity index (χ0n) is 16.1. The molecule has 4 rings (SSSR count). The number of ether oxygens (including phenoxy) is 1. The fraction of sp³-hybridized carbons (Fsp3) is 0.409. The number of aromatic nitrogens is 1. The highest BCUT2D eigenvalue weighted by Crippen LogP contribution is 2.35. The Morgan fingerprint density at radius 2 is 2.29 bits per heavy atom. The van der Waals surface area contributed by atoms with E-state index in [1.54, 1.807) is 6.08 Å². The minimum Gasteiger partial charge on any atom is -0.449 e. The molecular weight excluding hydrogens is 374 g/mol. The second-order valence-electron chi connectivity index (χ2n) is 7.38. The normalized spacial score (nSPS) is 19.3. The summed E-state index contributed by atoms with van der Waals surface area (Å²) in [6.45, 7) is 6.24. The summed E-state index contributed by atoms with van der Waals surface area (Å²) in [5.41, 5.74) is 4.50. The maximum absolute atomic E-state index is 11.9. The second-order valence-corrected chi connectivity index (χ2v) is 7.38. The molecule has 0 aliphatic carbocycles. The Morgan fingerprint density at radius 3 is 3.14 bits per heavy atom. The highest BCUT2D eigenvalue weighted by atomic mass is 35.5.